The predicted molar refractivity (Wildman–Crippen MR) is 118 cm³/mol. The fourth-order valence-corrected chi connectivity index (χ4v) is 3.95. The number of carbonyl (C=O) groups is 1. The topological polar surface area (TPSA) is 150 Å². The second-order valence-corrected chi connectivity index (χ2v) is 8.62. The molecule has 0 atom stereocenters. The van der Waals surface area contributed by atoms with Crippen molar-refractivity contribution in [2.45, 2.75) is 11.4 Å². The first-order valence-corrected chi connectivity index (χ1v) is 11.1. The molecule has 0 spiro atoms. The van der Waals surface area contributed by atoms with Crippen LogP contribution in [0.1, 0.15) is 10.4 Å². The van der Waals surface area contributed by atoms with E-state index in [1.165, 1.54) is 62.4 Å². The summed E-state index contributed by atoms with van der Waals surface area (Å²) in [6.45, 7) is -0.247. The smallest absolute Gasteiger partial charge is 0.274 e. The van der Waals surface area contributed by atoms with Crippen LogP contribution >= 0.6 is 0 Å². The summed E-state index contributed by atoms with van der Waals surface area (Å²) >= 11 is 0. The molecule has 1 heterocycles. The quantitative estimate of drug-likeness (QED) is 0.387. The monoisotopic (exact) mass is 478 g/mol. The Morgan fingerprint density at radius 3 is 2.64 bits per heavy atom. The van der Waals surface area contributed by atoms with Crippen molar-refractivity contribution in [3.05, 3.63) is 47.8 Å². The number of allylic oxidation sites excluding steroid dienone is 1. The Balaban J connectivity index is 2.32. The van der Waals surface area contributed by atoms with Gasteiger partial charge in [-0.15, -0.1) is 5.10 Å². The molecular weight excluding hydrogens is 455 g/mol. The van der Waals surface area contributed by atoms with Gasteiger partial charge in [0, 0.05) is 23.2 Å². The fourth-order valence-electron chi connectivity index (χ4n) is 3.19. The molecule has 11 nitrogen and oxygen atoms in total. The lowest BCUT2D eigenvalue weighted by Gasteiger charge is -2.13. The van der Waals surface area contributed by atoms with E-state index in [4.69, 9.17) is 15.3 Å². The summed E-state index contributed by atoms with van der Waals surface area (Å²) in [5, 5.41) is 8.15. The Bertz CT molecular complexity index is 1320. The van der Waals surface area contributed by atoms with Crippen LogP contribution in [0, 0.1) is 0 Å². The highest BCUT2D eigenvalue weighted by Gasteiger charge is 2.21. The van der Waals surface area contributed by atoms with Gasteiger partial charge >= 0.3 is 0 Å². The first-order valence-electron chi connectivity index (χ1n) is 9.62. The molecule has 0 aliphatic carbocycles. The summed E-state index contributed by atoms with van der Waals surface area (Å²) in [6, 6.07) is 7.24. The lowest BCUT2D eigenvalue weighted by molar-refractivity contribution is 0.0538. The highest BCUT2D eigenvalue weighted by molar-refractivity contribution is 7.89. The molecule has 2 aromatic carbocycles. The van der Waals surface area contributed by atoms with Crippen molar-refractivity contribution < 1.29 is 27.2 Å². The Kier molecular flexibility index (Phi) is 7.38. The molecular formula is C20H23FN6O5S. The fraction of sp³-hybridized carbons (Fsp3) is 0.250. The van der Waals surface area contributed by atoms with Crippen LogP contribution in [-0.2, 0) is 21.4 Å². The zero-order chi connectivity index (χ0) is 24.2. The summed E-state index contributed by atoms with van der Waals surface area (Å²) in [7, 11) is 0.227. The molecule has 1 aromatic heterocycles. The van der Waals surface area contributed by atoms with E-state index in [1.54, 1.807) is 0 Å². The van der Waals surface area contributed by atoms with Crippen molar-refractivity contribution in [3.8, 4) is 16.9 Å². The molecule has 0 aliphatic heterocycles. The molecule has 0 unspecified atom stereocenters. The van der Waals surface area contributed by atoms with E-state index in [0.29, 0.717) is 27.9 Å². The van der Waals surface area contributed by atoms with Crippen LogP contribution < -0.4 is 20.7 Å². The Morgan fingerprint density at radius 2 is 2.00 bits per heavy atom. The van der Waals surface area contributed by atoms with Crippen molar-refractivity contribution in [1.29, 1.82) is 0 Å². The molecule has 33 heavy (non-hydrogen) atoms. The standard InChI is InChI=1S/C20H23FN6O5S/c1-23-33(29,30)14-4-5-18(31-2)15(10-14)16-8-12(20(28)25-32-3)9-17-19(16)24-26-27(17)11-13(21)6-7-22/h4-6,8-10,23H,7,11,22H2,1-3H3,(H,25,28)/b13-6-. The van der Waals surface area contributed by atoms with E-state index < -0.39 is 21.8 Å². The van der Waals surface area contributed by atoms with Crippen LogP contribution in [0.3, 0.4) is 0 Å². The Hall–Kier alpha value is -3.39. The number of halogens is 1. The maximum absolute atomic E-state index is 14.1. The second-order valence-electron chi connectivity index (χ2n) is 6.73. The van der Waals surface area contributed by atoms with Gasteiger partial charge in [-0.05, 0) is 43.5 Å². The van der Waals surface area contributed by atoms with Crippen LogP contribution in [0.4, 0.5) is 4.39 Å². The number of aromatic nitrogens is 3. The van der Waals surface area contributed by atoms with Gasteiger partial charge in [0.05, 0.1) is 31.2 Å². The number of rotatable bonds is 9. The zero-order valence-corrected chi connectivity index (χ0v) is 18.9. The Labute approximate surface area is 189 Å². The van der Waals surface area contributed by atoms with E-state index in [9.17, 15) is 17.6 Å². The van der Waals surface area contributed by atoms with Gasteiger partial charge in [0.1, 0.15) is 17.1 Å². The number of sulfonamides is 1. The minimum Gasteiger partial charge on any atom is -0.496 e. The molecule has 0 saturated heterocycles. The minimum absolute atomic E-state index is 0.00906. The minimum atomic E-state index is -3.77. The third-order valence-electron chi connectivity index (χ3n) is 4.76. The molecule has 0 radical (unpaired) electrons. The van der Waals surface area contributed by atoms with Gasteiger partial charge in [0.15, 0.2) is 0 Å². The molecule has 3 rings (SSSR count). The van der Waals surface area contributed by atoms with Gasteiger partial charge in [-0.3, -0.25) is 9.63 Å². The van der Waals surface area contributed by atoms with Crippen LogP contribution in [0.15, 0.2) is 47.1 Å². The van der Waals surface area contributed by atoms with Crippen molar-refractivity contribution in [2.75, 3.05) is 27.8 Å². The first-order chi connectivity index (χ1) is 15.7. The Morgan fingerprint density at radius 1 is 1.24 bits per heavy atom. The normalized spacial score (nSPS) is 12.2. The number of amides is 1. The number of carbonyl (C=O) groups excluding carboxylic acids is 1. The summed E-state index contributed by atoms with van der Waals surface area (Å²) in [4.78, 5) is 17.2. The SMILES string of the molecule is CNS(=O)(=O)c1ccc(OC)c(-c2cc(C(=O)NOC)cc3c2nnn3C/C(F)=C/CN)c1. The molecule has 0 saturated carbocycles. The molecule has 13 heteroatoms. The molecule has 0 bridgehead atoms. The average molecular weight is 479 g/mol. The summed E-state index contributed by atoms with van der Waals surface area (Å²) in [6.07, 6.45) is 1.20. The summed E-state index contributed by atoms with van der Waals surface area (Å²) in [5.74, 6) is -0.777. The maximum Gasteiger partial charge on any atom is 0.274 e. The average Bonchev–Trinajstić information content (AvgIpc) is 3.20. The van der Waals surface area contributed by atoms with Crippen LogP contribution in [0.25, 0.3) is 22.2 Å². The van der Waals surface area contributed by atoms with Gasteiger partial charge in [-0.1, -0.05) is 5.21 Å². The number of benzene rings is 2. The number of hydroxylamine groups is 1. The summed E-state index contributed by atoms with van der Waals surface area (Å²) in [5.41, 5.74) is 9.07. The maximum atomic E-state index is 14.1. The molecule has 0 fully saturated rings. The molecule has 3 aromatic rings. The first kappa shape index (κ1) is 24.3. The zero-order valence-electron chi connectivity index (χ0n) is 18.1. The number of ether oxygens (including phenoxy) is 1. The molecule has 0 aliphatic rings. The lowest BCUT2D eigenvalue weighted by atomic mass is 9.99. The number of nitrogens with two attached hydrogens (primary N) is 1. The van der Waals surface area contributed by atoms with Gasteiger partial charge in [0.2, 0.25) is 10.0 Å². The largest absolute Gasteiger partial charge is 0.496 e. The van der Waals surface area contributed by atoms with E-state index in [1.807, 2.05) is 0 Å². The van der Waals surface area contributed by atoms with Crippen LogP contribution in [0.2, 0.25) is 0 Å². The van der Waals surface area contributed by atoms with Crippen molar-refractivity contribution >= 4 is 27.0 Å². The van der Waals surface area contributed by atoms with E-state index >= 15 is 0 Å². The number of methoxy groups -OCH3 is 1. The van der Waals surface area contributed by atoms with Crippen molar-refractivity contribution in [2.24, 2.45) is 5.73 Å². The van der Waals surface area contributed by atoms with E-state index in [2.05, 4.69) is 20.5 Å². The molecule has 4 N–H and O–H groups in total. The lowest BCUT2D eigenvalue weighted by Crippen LogP contribution is -2.22. The number of hydrogen-bond donors (Lipinski definition) is 3. The highest BCUT2D eigenvalue weighted by Crippen LogP contribution is 2.37. The number of hydrogen-bond acceptors (Lipinski definition) is 8. The van der Waals surface area contributed by atoms with E-state index in [0.717, 1.165) is 0 Å². The number of nitrogens with one attached hydrogen (secondary N) is 2. The predicted octanol–water partition coefficient (Wildman–Crippen LogP) is 1.12. The van der Waals surface area contributed by atoms with E-state index in [-0.39, 0.29) is 23.5 Å². The van der Waals surface area contributed by atoms with Gasteiger partial charge in [0.25, 0.3) is 5.91 Å². The highest BCUT2D eigenvalue weighted by atomic mass is 32.2. The number of nitrogens with zero attached hydrogens (tertiary/aromatic N) is 3. The third-order valence-corrected chi connectivity index (χ3v) is 6.17. The van der Waals surface area contributed by atoms with Crippen molar-refractivity contribution in [3.63, 3.8) is 0 Å². The second kappa shape index (κ2) is 10.0. The van der Waals surface area contributed by atoms with Gasteiger partial charge < -0.3 is 10.5 Å². The number of fused-ring (bicyclic) bond motifs is 1. The van der Waals surface area contributed by atoms with Gasteiger partial charge in [-0.2, -0.15) is 0 Å². The van der Waals surface area contributed by atoms with Crippen LogP contribution in [0.5, 0.6) is 5.75 Å². The van der Waals surface area contributed by atoms with Crippen molar-refractivity contribution in [1.82, 2.24) is 25.2 Å². The summed E-state index contributed by atoms with van der Waals surface area (Å²) < 4.78 is 47.8. The molecule has 176 valence electrons. The third kappa shape index (κ3) is 5.01. The molecule has 1 amide bonds. The van der Waals surface area contributed by atoms with Gasteiger partial charge in [-0.25, -0.2) is 27.7 Å². The van der Waals surface area contributed by atoms with Crippen LogP contribution in [-0.4, -0.2) is 57.1 Å².